The molecule has 0 aliphatic heterocycles. The third-order valence-corrected chi connectivity index (χ3v) is 4.16. The average molecular weight is 386 g/mol. The van der Waals surface area contributed by atoms with Crippen LogP contribution in [0.25, 0.3) is 0 Å². The number of rotatable bonds is 6. The molecular formula is C17H15Cl3N2O2. The summed E-state index contributed by atoms with van der Waals surface area (Å²) in [5.74, 6) is -0.0477. The highest BCUT2D eigenvalue weighted by Gasteiger charge is 2.09. The van der Waals surface area contributed by atoms with Crippen molar-refractivity contribution in [3.05, 3.63) is 63.1 Å². The lowest BCUT2D eigenvalue weighted by Crippen LogP contribution is -2.24. The minimum Gasteiger partial charge on any atom is -0.482 e. The first kappa shape index (κ1) is 18.6. The number of hydrogen-bond acceptors (Lipinski definition) is 3. The van der Waals surface area contributed by atoms with Gasteiger partial charge in [-0.1, -0.05) is 72.1 Å². The Kier molecular flexibility index (Phi) is 6.91. The fourth-order valence-electron chi connectivity index (χ4n) is 1.85. The van der Waals surface area contributed by atoms with Gasteiger partial charge in [0.2, 0.25) is 0 Å². The van der Waals surface area contributed by atoms with Gasteiger partial charge in [-0.2, -0.15) is 5.10 Å². The molecule has 0 saturated heterocycles. The van der Waals surface area contributed by atoms with E-state index >= 15 is 0 Å². The van der Waals surface area contributed by atoms with Gasteiger partial charge in [0, 0.05) is 18.2 Å². The number of carbonyl (C=O) groups excluding carboxylic acids is 1. The highest BCUT2D eigenvalue weighted by molar-refractivity contribution is 6.43. The van der Waals surface area contributed by atoms with Gasteiger partial charge in [-0.25, -0.2) is 5.43 Å². The van der Waals surface area contributed by atoms with E-state index in [1.165, 1.54) is 12.1 Å². The normalized spacial score (nSPS) is 12.2. The van der Waals surface area contributed by atoms with Gasteiger partial charge >= 0.3 is 0 Å². The molecule has 1 atom stereocenters. The lowest BCUT2D eigenvalue weighted by molar-refractivity contribution is -0.123. The van der Waals surface area contributed by atoms with Crippen LogP contribution in [-0.2, 0) is 4.79 Å². The van der Waals surface area contributed by atoms with E-state index < -0.39 is 5.91 Å². The number of carbonyl (C=O) groups is 1. The van der Waals surface area contributed by atoms with Crippen LogP contribution in [0.4, 0.5) is 0 Å². The van der Waals surface area contributed by atoms with E-state index in [-0.39, 0.29) is 23.3 Å². The van der Waals surface area contributed by atoms with Gasteiger partial charge in [0.05, 0.1) is 15.1 Å². The van der Waals surface area contributed by atoms with E-state index in [0.717, 1.165) is 5.56 Å². The first-order chi connectivity index (χ1) is 11.5. The molecule has 0 aromatic heterocycles. The molecule has 1 unspecified atom stereocenters. The molecule has 2 aromatic carbocycles. The Morgan fingerprint density at radius 1 is 1.17 bits per heavy atom. The Labute approximate surface area is 155 Å². The predicted octanol–water partition coefficient (Wildman–Crippen LogP) is 4.93. The smallest absolute Gasteiger partial charge is 0.277 e. The number of hydrazone groups is 1. The summed E-state index contributed by atoms with van der Waals surface area (Å²) in [5, 5.41) is 4.82. The molecule has 0 spiro atoms. The van der Waals surface area contributed by atoms with Crippen LogP contribution in [0.3, 0.4) is 0 Å². The Morgan fingerprint density at radius 3 is 2.54 bits per heavy atom. The number of ether oxygens (including phenoxy) is 1. The van der Waals surface area contributed by atoms with Gasteiger partial charge in [0.1, 0.15) is 5.75 Å². The minimum atomic E-state index is -0.409. The molecule has 0 aliphatic rings. The van der Waals surface area contributed by atoms with Crippen LogP contribution >= 0.6 is 34.8 Å². The molecule has 0 heterocycles. The van der Waals surface area contributed by atoms with Crippen molar-refractivity contribution in [3.63, 3.8) is 0 Å². The van der Waals surface area contributed by atoms with Gasteiger partial charge < -0.3 is 4.74 Å². The van der Waals surface area contributed by atoms with Gasteiger partial charge in [-0.15, -0.1) is 0 Å². The van der Waals surface area contributed by atoms with Gasteiger partial charge in [-0.05, 0) is 11.6 Å². The van der Waals surface area contributed by atoms with E-state index in [9.17, 15) is 4.79 Å². The highest BCUT2D eigenvalue weighted by Crippen LogP contribution is 2.33. The maximum Gasteiger partial charge on any atom is 0.277 e. The van der Waals surface area contributed by atoms with Crippen molar-refractivity contribution < 1.29 is 9.53 Å². The molecule has 7 heteroatoms. The lowest BCUT2D eigenvalue weighted by atomic mass is 10.0. The zero-order chi connectivity index (χ0) is 17.5. The molecule has 4 nitrogen and oxygen atoms in total. The third-order valence-electron chi connectivity index (χ3n) is 3.15. The minimum absolute atomic E-state index is 0.0805. The molecule has 2 aromatic rings. The Morgan fingerprint density at radius 2 is 1.83 bits per heavy atom. The first-order valence-corrected chi connectivity index (χ1v) is 8.25. The fraction of sp³-hybridized carbons (Fsp3) is 0.176. The van der Waals surface area contributed by atoms with Gasteiger partial charge in [0.25, 0.3) is 5.91 Å². The lowest BCUT2D eigenvalue weighted by Gasteiger charge is -2.09. The number of nitrogens with zero attached hydrogens (tertiary/aromatic N) is 1. The molecule has 1 amide bonds. The third kappa shape index (κ3) is 5.41. The van der Waals surface area contributed by atoms with E-state index in [2.05, 4.69) is 10.5 Å². The van der Waals surface area contributed by atoms with Gasteiger partial charge in [-0.3, -0.25) is 4.79 Å². The highest BCUT2D eigenvalue weighted by atomic mass is 35.5. The molecule has 0 radical (unpaired) electrons. The zero-order valence-corrected chi connectivity index (χ0v) is 15.1. The van der Waals surface area contributed by atoms with E-state index in [0.29, 0.717) is 10.0 Å². The second kappa shape index (κ2) is 8.92. The molecule has 126 valence electrons. The molecule has 0 aliphatic carbocycles. The fourth-order valence-corrected chi connectivity index (χ4v) is 2.45. The van der Waals surface area contributed by atoms with E-state index in [1.54, 1.807) is 6.21 Å². The van der Waals surface area contributed by atoms with Crippen molar-refractivity contribution >= 4 is 46.9 Å². The monoisotopic (exact) mass is 384 g/mol. The van der Waals surface area contributed by atoms with Crippen molar-refractivity contribution in [1.82, 2.24) is 5.43 Å². The number of nitrogens with one attached hydrogen (secondary N) is 1. The second-order valence-corrected chi connectivity index (χ2v) is 6.22. The summed E-state index contributed by atoms with van der Waals surface area (Å²) >= 11 is 17.7. The number of halogens is 3. The van der Waals surface area contributed by atoms with Gasteiger partial charge in [0.15, 0.2) is 6.61 Å². The second-order valence-electron chi connectivity index (χ2n) is 5.00. The Bertz CT molecular complexity index is 736. The van der Waals surface area contributed by atoms with Crippen molar-refractivity contribution in [3.8, 4) is 5.75 Å². The molecule has 24 heavy (non-hydrogen) atoms. The first-order valence-electron chi connectivity index (χ1n) is 7.11. The maximum absolute atomic E-state index is 11.7. The predicted molar refractivity (Wildman–Crippen MR) is 98.5 cm³/mol. The van der Waals surface area contributed by atoms with Crippen LogP contribution in [0.5, 0.6) is 5.75 Å². The van der Waals surface area contributed by atoms with E-state index in [4.69, 9.17) is 39.5 Å². The van der Waals surface area contributed by atoms with Crippen molar-refractivity contribution in [2.75, 3.05) is 6.61 Å². The Hall–Kier alpha value is -1.75. The quantitative estimate of drug-likeness (QED) is 0.435. The summed E-state index contributed by atoms with van der Waals surface area (Å²) in [5.41, 5.74) is 3.51. The summed E-state index contributed by atoms with van der Waals surface area (Å²) in [6.45, 7) is 1.74. The van der Waals surface area contributed by atoms with Crippen LogP contribution in [0.2, 0.25) is 15.1 Å². The topological polar surface area (TPSA) is 50.7 Å². The summed E-state index contributed by atoms with van der Waals surface area (Å²) in [7, 11) is 0. The van der Waals surface area contributed by atoms with E-state index in [1.807, 2.05) is 37.3 Å². The molecule has 2 rings (SSSR count). The van der Waals surface area contributed by atoms with Crippen LogP contribution in [0.15, 0.2) is 47.6 Å². The summed E-state index contributed by atoms with van der Waals surface area (Å²) in [6.07, 6.45) is 1.65. The van der Waals surface area contributed by atoms with Crippen LogP contribution in [0, 0.1) is 0 Å². The van der Waals surface area contributed by atoms with Crippen molar-refractivity contribution in [2.45, 2.75) is 12.8 Å². The summed E-state index contributed by atoms with van der Waals surface area (Å²) < 4.78 is 5.32. The van der Waals surface area contributed by atoms with Crippen LogP contribution in [0.1, 0.15) is 18.4 Å². The van der Waals surface area contributed by atoms with Crippen molar-refractivity contribution in [1.29, 1.82) is 0 Å². The Balaban J connectivity index is 1.84. The molecule has 0 saturated carbocycles. The molecule has 0 fully saturated rings. The number of hydrogen-bond donors (Lipinski definition) is 1. The van der Waals surface area contributed by atoms with Crippen molar-refractivity contribution in [2.24, 2.45) is 5.10 Å². The standard InChI is InChI=1S/C17H15Cl3N2O2/c1-11(12-5-3-2-4-6-12)9-21-22-17(23)10-24-16-8-14(19)13(18)7-15(16)20/h2-9,11H,10H2,1H3,(H,22,23). The average Bonchev–Trinajstić information content (AvgIpc) is 2.57. The molecular weight excluding hydrogens is 371 g/mol. The zero-order valence-electron chi connectivity index (χ0n) is 12.8. The maximum atomic E-state index is 11.7. The van der Waals surface area contributed by atoms with Crippen LogP contribution < -0.4 is 10.2 Å². The largest absolute Gasteiger partial charge is 0.482 e. The SMILES string of the molecule is CC(C=NNC(=O)COc1cc(Cl)c(Cl)cc1Cl)c1ccccc1. The number of amides is 1. The summed E-state index contributed by atoms with van der Waals surface area (Å²) in [6, 6.07) is 12.8. The molecule has 0 bridgehead atoms. The molecule has 1 N–H and O–H groups in total. The summed E-state index contributed by atoms with van der Waals surface area (Å²) in [4.78, 5) is 11.7. The number of benzene rings is 2. The van der Waals surface area contributed by atoms with Crippen LogP contribution in [-0.4, -0.2) is 18.7 Å².